The average molecular weight is 241 g/mol. The van der Waals surface area contributed by atoms with Gasteiger partial charge in [0.1, 0.15) is 0 Å². The molecule has 0 bridgehead atoms. The summed E-state index contributed by atoms with van der Waals surface area (Å²) in [4.78, 5) is 23.2. The molecule has 1 unspecified atom stereocenters. The van der Waals surface area contributed by atoms with Gasteiger partial charge in [-0.2, -0.15) is 0 Å². The third-order valence-electron chi connectivity index (χ3n) is 2.25. The molecule has 88 valence electrons. The second kappa shape index (κ2) is 6.27. The topological polar surface area (TPSA) is 66.4 Å². The quantitative estimate of drug-likeness (QED) is 0.712. The van der Waals surface area contributed by atoms with Crippen LogP contribution in [0.25, 0.3) is 0 Å². The second-order valence-electron chi connectivity index (χ2n) is 3.63. The van der Waals surface area contributed by atoms with Crippen LogP contribution in [0.2, 0.25) is 0 Å². The molecule has 1 atom stereocenters. The number of aliphatic carboxylic acids is 1. The molecular weight excluding hydrogens is 226 g/mol. The highest BCUT2D eigenvalue weighted by Crippen LogP contribution is 2.18. The summed E-state index contributed by atoms with van der Waals surface area (Å²) in [5.74, 6) is -0.833. The highest BCUT2D eigenvalue weighted by Gasteiger charge is 2.11. The third kappa shape index (κ3) is 4.44. The Bertz CT molecular complexity index is 362. The van der Waals surface area contributed by atoms with Gasteiger partial charge in [0, 0.05) is 28.6 Å². The lowest BCUT2D eigenvalue weighted by Gasteiger charge is -2.13. The van der Waals surface area contributed by atoms with Crippen LogP contribution in [0.15, 0.2) is 12.1 Å². The Morgan fingerprint density at radius 1 is 1.62 bits per heavy atom. The fourth-order valence-electron chi connectivity index (χ4n) is 1.48. The second-order valence-corrected chi connectivity index (χ2v) is 5.00. The zero-order valence-corrected chi connectivity index (χ0v) is 9.92. The molecule has 0 aliphatic heterocycles. The number of aryl methyl sites for hydroxylation is 1. The highest BCUT2D eigenvalue weighted by atomic mass is 32.1. The van der Waals surface area contributed by atoms with E-state index in [9.17, 15) is 9.59 Å². The Morgan fingerprint density at radius 3 is 2.88 bits per heavy atom. The van der Waals surface area contributed by atoms with Gasteiger partial charge in [-0.15, -0.1) is 11.3 Å². The zero-order chi connectivity index (χ0) is 12.0. The normalized spacial score (nSPS) is 12.1. The predicted octanol–water partition coefficient (Wildman–Crippen LogP) is 1.58. The van der Waals surface area contributed by atoms with Crippen molar-refractivity contribution < 1.29 is 14.7 Å². The number of thiophene rings is 1. The number of carboxylic acid groups (broad SMARTS) is 1. The summed E-state index contributed by atoms with van der Waals surface area (Å²) in [5.41, 5.74) is 0. The molecule has 1 heterocycles. The van der Waals surface area contributed by atoms with E-state index in [1.807, 2.05) is 19.1 Å². The molecule has 1 amide bonds. The van der Waals surface area contributed by atoms with Crippen LogP contribution in [0.1, 0.15) is 22.6 Å². The smallest absolute Gasteiger partial charge is 0.303 e. The minimum Gasteiger partial charge on any atom is -0.481 e. The summed E-state index contributed by atoms with van der Waals surface area (Å²) in [5, 5.41) is 11.2. The summed E-state index contributed by atoms with van der Waals surface area (Å²) < 4.78 is 0. The maximum Gasteiger partial charge on any atom is 0.303 e. The van der Waals surface area contributed by atoms with Gasteiger partial charge in [-0.3, -0.25) is 9.59 Å². The van der Waals surface area contributed by atoms with Crippen molar-refractivity contribution in [2.24, 2.45) is 0 Å². The van der Waals surface area contributed by atoms with E-state index in [0.29, 0.717) is 19.3 Å². The Kier molecular flexibility index (Phi) is 4.98. The van der Waals surface area contributed by atoms with Gasteiger partial charge in [0.2, 0.25) is 6.41 Å². The first kappa shape index (κ1) is 12.7. The van der Waals surface area contributed by atoms with Crippen LogP contribution in [0, 0.1) is 6.92 Å². The van der Waals surface area contributed by atoms with Gasteiger partial charge >= 0.3 is 5.97 Å². The van der Waals surface area contributed by atoms with Crippen molar-refractivity contribution in [1.82, 2.24) is 5.32 Å². The summed E-state index contributed by atoms with van der Waals surface area (Å²) in [6.07, 6.45) is 1.87. The standard InChI is InChI=1S/C11H15NO3S/c1-8-2-4-10(16-8)6-9(12-7-13)3-5-11(14)15/h2,4,7,9H,3,5-6H2,1H3,(H,12,13)(H,14,15). The summed E-state index contributed by atoms with van der Waals surface area (Å²) in [6.45, 7) is 2.02. The van der Waals surface area contributed by atoms with E-state index in [-0.39, 0.29) is 12.5 Å². The number of hydrogen-bond donors (Lipinski definition) is 2. The van der Waals surface area contributed by atoms with Crippen LogP contribution < -0.4 is 5.32 Å². The predicted molar refractivity (Wildman–Crippen MR) is 62.6 cm³/mol. The van der Waals surface area contributed by atoms with E-state index in [1.165, 1.54) is 9.75 Å². The van der Waals surface area contributed by atoms with Crippen LogP contribution in [0.3, 0.4) is 0 Å². The van der Waals surface area contributed by atoms with Crippen LogP contribution >= 0.6 is 11.3 Å². The minimum absolute atomic E-state index is 0.0792. The Balaban J connectivity index is 2.49. The monoisotopic (exact) mass is 241 g/mol. The number of nitrogens with one attached hydrogen (secondary N) is 1. The molecule has 16 heavy (non-hydrogen) atoms. The van der Waals surface area contributed by atoms with Gasteiger partial charge in [0.25, 0.3) is 0 Å². The van der Waals surface area contributed by atoms with Crippen LogP contribution in [-0.2, 0) is 16.0 Å². The van der Waals surface area contributed by atoms with Gasteiger partial charge in [0.05, 0.1) is 0 Å². The van der Waals surface area contributed by atoms with Crippen molar-refractivity contribution in [3.05, 3.63) is 21.9 Å². The number of amides is 1. The maximum absolute atomic E-state index is 10.5. The van der Waals surface area contributed by atoms with Crippen molar-refractivity contribution in [3.63, 3.8) is 0 Å². The van der Waals surface area contributed by atoms with E-state index >= 15 is 0 Å². The number of hydrogen-bond acceptors (Lipinski definition) is 3. The van der Waals surface area contributed by atoms with E-state index < -0.39 is 5.97 Å². The van der Waals surface area contributed by atoms with Gasteiger partial charge < -0.3 is 10.4 Å². The fraction of sp³-hybridized carbons (Fsp3) is 0.455. The van der Waals surface area contributed by atoms with E-state index in [1.54, 1.807) is 11.3 Å². The molecule has 1 aromatic heterocycles. The molecule has 0 aliphatic carbocycles. The Labute approximate surface area is 98.3 Å². The fourth-order valence-corrected chi connectivity index (χ4v) is 2.45. The van der Waals surface area contributed by atoms with Crippen LogP contribution in [0.5, 0.6) is 0 Å². The largest absolute Gasteiger partial charge is 0.481 e. The SMILES string of the molecule is Cc1ccc(CC(CCC(=O)O)NC=O)s1. The first-order chi connectivity index (χ1) is 7.61. The van der Waals surface area contributed by atoms with Gasteiger partial charge in [-0.25, -0.2) is 0 Å². The van der Waals surface area contributed by atoms with Crippen molar-refractivity contribution in [2.45, 2.75) is 32.2 Å². The van der Waals surface area contributed by atoms with Crippen molar-refractivity contribution in [2.75, 3.05) is 0 Å². The van der Waals surface area contributed by atoms with Gasteiger partial charge in [-0.1, -0.05) is 0 Å². The van der Waals surface area contributed by atoms with Gasteiger partial charge in [-0.05, 0) is 25.5 Å². The summed E-state index contributed by atoms with van der Waals surface area (Å²) >= 11 is 1.67. The van der Waals surface area contributed by atoms with Crippen LogP contribution in [0.4, 0.5) is 0 Å². The number of carboxylic acids is 1. The van der Waals surface area contributed by atoms with Gasteiger partial charge in [0.15, 0.2) is 0 Å². The molecule has 0 spiro atoms. The Morgan fingerprint density at radius 2 is 2.38 bits per heavy atom. The third-order valence-corrected chi connectivity index (χ3v) is 3.28. The molecule has 0 fully saturated rings. The molecule has 4 nitrogen and oxygen atoms in total. The van der Waals surface area contributed by atoms with Crippen LogP contribution in [-0.4, -0.2) is 23.5 Å². The molecule has 0 aliphatic rings. The summed E-state index contributed by atoms with van der Waals surface area (Å²) in [7, 11) is 0. The molecule has 1 aromatic rings. The minimum atomic E-state index is -0.833. The average Bonchev–Trinajstić information content (AvgIpc) is 2.61. The lowest BCUT2D eigenvalue weighted by atomic mass is 10.1. The first-order valence-electron chi connectivity index (χ1n) is 5.08. The molecule has 0 aromatic carbocycles. The molecule has 0 saturated carbocycles. The molecule has 0 saturated heterocycles. The van der Waals surface area contributed by atoms with Crippen molar-refractivity contribution >= 4 is 23.7 Å². The Hall–Kier alpha value is -1.36. The maximum atomic E-state index is 10.5. The molecule has 0 radical (unpaired) electrons. The van der Waals surface area contributed by atoms with E-state index in [2.05, 4.69) is 5.32 Å². The molecule has 2 N–H and O–H groups in total. The molecule has 1 rings (SSSR count). The zero-order valence-electron chi connectivity index (χ0n) is 9.10. The van der Waals surface area contributed by atoms with E-state index in [0.717, 1.165) is 0 Å². The first-order valence-corrected chi connectivity index (χ1v) is 5.90. The lowest BCUT2D eigenvalue weighted by Crippen LogP contribution is -2.30. The molecule has 5 heteroatoms. The molecular formula is C11H15NO3S. The lowest BCUT2D eigenvalue weighted by molar-refractivity contribution is -0.137. The highest BCUT2D eigenvalue weighted by molar-refractivity contribution is 7.11. The van der Waals surface area contributed by atoms with Crippen molar-refractivity contribution in [3.8, 4) is 0 Å². The summed E-state index contributed by atoms with van der Waals surface area (Å²) in [6, 6.07) is 3.95. The number of carbonyl (C=O) groups excluding carboxylic acids is 1. The van der Waals surface area contributed by atoms with E-state index in [4.69, 9.17) is 5.11 Å². The number of rotatable bonds is 7. The number of carbonyl (C=O) groups is 2. The van der Waals surface area contributed by atoms with Crippen molar-refractivity contribution in [1.29, 1.82) is 0 Å².